The van der Waals surface area contributed by atoms with Gasteiger partial charge in [-0.2, -0.15) is 13.2 Å². The van der Waals surface area contributed by atoms with Gasteiger partial charge in [0, 0.05) is 0 Å². The zero-order valence-electron chi connectivity index (χ0n) is 9.03. The summed E-state index contributed by atoms with van der Waals surface area (Å²) >= 11 is 0. The van der Waals surface area contributed by atoms with E-state index < -0.39 is 17.5 Å². The van der Waals surface area contributed by atoms with Gasteiger partial charge in [0.1, 0.15) is 11.4 Å². The van der Waals surface area contributed by atoms with Crippen molar-refractivity contribution < 1.29 is 17.6 Å². The fourth-order valence-corrected chi connectivity index (χ4v) is 1.50. The summed E-state index contributed by atoms with van der Waals surface area (Å²) < 4.78 is 51.4. The van der Waals surface area contributed by atoms with Crippen LogP contribution in [0.1, 0.15) is 19.4 Å². The van der Waals surface area contributed by atoms with Crippen LogP contribution in [0.4, 0.5) is 17.6 Å². The molecule has 0 aromatic heterocycles. The van der Waals surface area contributed by atoms with Crippen LogP contribution >= 0.6 is 0 Å². The van der Waals surface area contributed by atoms with Gasteiger partial charge < -0.3 is 5.32 Å². The second-order valence-corrected chi connectivity index (χ2v) is 3.66. The molecule has 0 aliphatic carbocycles. The quantitative estimate of drug-likeness (QED) is 0.793. The second kappa shape index (κ2) is 4.41. The van der Waals surface area contributed by atoms with Crippen molar-refractivity contribution in [2.45, 2.75) is 25.6 Å². The third-order valence-electron chi connectivity index (χ3n) is 2.52. The summed E-state index contributed by atoms with van der Waals surface area (Å²) in [7, 11) is 0. The molecule has 1 aromatic rings. The Morgan fingerprint density at radius 2 is 1.62 bits per heavy atom. The summed E-state index contributed by atoms with van der Waals surface area (Å²) in [5.41, 5.74) is -2.14. The highest BCUT2D eigenvalue weighted by Gasteiger charge is 2.51. The van der Waals surface area contributed by atoms with Crippen LogP contribution in [0.5, 0.6) is 0 Å². The number of alkyl halides is 3. The molecule has 90 valence electrons. The lowest BCUT2D eigenvalue weighted by Gasteiger charge is -2.33. The molecule has 16 heavy (non-hydrogen) atoms. The smallest absolute Gasteiger partial charge is 0.300 e. The first-order chi connectivity index (χ1) is 7.31. The number of benzene rings is 1. The molecule has 0 spiro atoms. The molecule has 0 heterocycles. The van der Waals surface area contributed by atoms with Crippen LogP contribution in [0.25, 0.3) is 0 Å². The minimum absolute atomic E-state index is 0.00301. The van der Waals surface area contributed by atoms with Crippen LogP contribution < -0.4 is 5.32 Å². The van der Waals surface area contributed by atoms with Crippen molar-refractivity contribution in [3.8, 4) is 0 Å². The summed E-state index contributed by atoms with van der Waals surface area (Å²) in [5, 5.41) is 2.39. The maximum Gasteiger partial charge on any atom is 0.410 e. The number of rotatable bonds is 3. The molecule has 1 aromatic carbocycles. The molecule has 0 amide bonds. The predicted molar refractivity (Wildman–Crippen MR) is 53.5 cm³/mol. The van der Waals surface area contributed by atoms with E-state index in [1.165, 1.54) is 0 Å². The standard InChI is InChI=1S/C11H13F4N/c1-3-16-10(2,11(13,14)15)8-4-6-9(12)7-5-8/h4-7,16H,3H2,1-2H3. The molecular weight excluding hydrogens is 222 g/mol. The van der Waals surface area contributed by atoms with Gasteiger partial charge >= 0.3 is 6.18 Å². The molecule has 1 unspecified atom stereocenters. The fraction of sp³-hybridized carbons (Fsp3) is 0.455. The Balaban J connectivity index is 3.16. The molecule has 1 rings (SSSR count). The van der Waals surface area contributed by atoms with Crippen molar-refractivity contribution in [2.75, 3.05) is 6.54 Å². The number of hydrogen-bond donors (Lipinski definition) is 1. The summed E-state index contributed by atoms with van der Waals surface area (Å²) in [6, 6.07) is 4.34. The molecule has 0 fully saturated rings. The molecule has 1 atom stereocenters. The number of nitrogens with one attached hydrogen (secondary N) is 1. The van der Waals surface area contributed by atoms with Crippen LogP contribution in [0.15, 0.2) is 24.3 Å². The molecule has 1 nitrogen and oxygen atoms in total. The molecule has 0 saturated carbocycles. The Bertz CT molecular complexity index is 344. The lowest BCUT2D eigenvalue weighted by molar-refractivity contribution is -0.195. The van der Waals surface area contributed by atoms with Crippen LogP contribution in [0, 0.1) is 5.82 Å². The average Bonchev–Trinajstić information content (AvgIpc) is 2.17. The molecule has 0 radical (unpaired) electrons. The topological polar surface area (TPSA) is 12.0 Å². The Kier molecular flexibility index (Phi) is 3.57. The van der Waals surface area contributed by atoms with Crippen molar-refractivity contribution in [3.63, 3.8) is 0 Å². The van der Waals surface area contributed by atoms with Gasteiger partial charge in [-0.1, -0.05) is 19.1 Å². The average molecular weight is 235 g/mol. The first kappa shape index (κ1) is 13.0. The molecule has 1 N–H and O–H groups in total. The highest BCUT2D eigenvalue weighted by molar-refractivity contribution is 5.26. The van der Waals surface area contributed by atoms with Crippen molar-refractivity contribution in [2.24, 2.45) is 0 Å². The van der Waals surface area contributed by atoms with Crippen LogP contribution in [-0.4, -0.2) is 12.7 Å². The van der Waals surface area contributed by atoms with Crippen molar-refractivity contribution in [3.05, 3.63) is 35.6 Å². The molecule has 0 saturated heterocycles. The van der Waals surface area contributed by atoms with E-state index in [0.29, 0.717) is 0 Å². The minimum atomic E-state index is -4.43. The van der Waals surface area contributed by atoms with E-state index in [-0.39, 0.29) is 12.1 Å². The number of hydrogen-bond acceptors (Lipinski definition) is 1. The van der Waals surface area contributed by atoms with Gasteiger partial charge in [-0.25, -0.2) is 4.39 Å². The minimum Gasteiger partial charge on any atom is -0.300 e. The van der Waals surface area contributed by atoms with Crippen molar-refractivity contribution in [1.82, 2.24) is 5.32 Å². The van der Waals surface area contributed by atoms with E-state index >= 15 is 0 Å². The molecule has 0 aliphatic rings. The lowest BCUT2D eigenvalue weighted by atomic mass is 9.91. The van der Waals surface area contributed by atoms with Crippen molar-refractivity contribution >= 4 is 0 Å². The Morgan fingerprint density at radius 3 is 2.00 bits per heavy atom. The maximum atomic E-state index is 12.9. The third-order valence-corrected chi connectivity index (χ3v) is 2.52. The molecular formula is C11H13F4N. The van der Waals surface area contributed by atoms with E-state index in [1.54, 1.807) is 6.92 Å². The zero-order chi connectivity index (χ0) is 12.4. The summed E-state index contributed by atoms with van der Waals surface area (Å²) in [6.07, 6.45) is -4.43. The Hall–Kier alpha value is -1.10. The first-order valence-corrected chi connectivity index (χ1v) is 4.89. The van der Waals surface area contributed by atoms with E-state index in [1.807, 2.05) is 0 Å². The lowest BCUT2D eigenvalue weighted by Crippen LogP contribution is -2.51. The van der Waals surface area contributed by atoms with Crippen LogP contribution in [-0.2, 0) is 5.54 Å². The monoisotopic (exact) mass is 235 g/mol. The summed E-state index contributed by atoms with van der Waals surface area (Å²) in [6.45, 7) is 2.81. The summed E-state index contributed by atoms with van der Waals surface area (Å²) in [5.74, 6) is -0.551. The maximum absolute atomic E-state index is 12.9. The largest absolute Gasteiger partial charge is 0.410 e. The highest BCUT2D eigenvalue weighted by Crippen LogP contribution is 2.38. The van der Waals surface area contributed by atoms with Gasteiger partial charge in [-0.05, 0) is 31.2 Å². The van der Waals surface area contributed by atoms with Gasteiger partial charge in [0.15, 0.2) is 0 Å². The van der Waals surface area contributed by atoms with Crippen molar-refractivity contribution in [1.29, 1.82) is 0 Å². The zero-order valence-corrected chi connectivity index (χ0v) is 9.03. The van der Waals surface area contributed by atoms with Crippen LogP contribution in [0.3, 0.4) is 0 Å². The molecule has 0 bridgehead atoms. The SMILES string of the molecule is CCNC(C)(c1ccc(F)cc1)C(F)(F)F. The normalized spacial score (nSPS) is 15.9. The van der Waals surface area contributed by atoms with Gasteiger partial charge in [-0.15, -0.1) is 0 Å². The third kappa shape index (κ3) is 2.35. The van der Waals surface area contributed by atoms with E-state index in [4.69, 9.17) is 0 Å². The van der Waals surface area contributed by atoms with Gasteiger partial charge in [0.25, 0.3) is 0 Å². The van der Waals surface area contributed by atoms with Gasteiger partial charge in [0.05, 0.1) is 0 Å². The molecule has 5 heteroatoms. The molecule has 0 aliphatic heterocycles. The van der Waals surface area contributed by atoms with E-state index in [0.717, 1.165) is 31.2 Å². The fourth-order valence-electron chi connectivity index (χ4n) is 1.50. The first-order valence-electron chi connectivity index (χ1n) is 4.89. The number of halogens is 4. The van der Waals surface area contributed by atoms with Gasteiger partial charge in [0.2, 0.25) is 0 Å². The van der Waals surface area contributed by atoms with E-state index in [9.17, 15) is 17.6 Å². The second-order valence-electron chi connectivity index (χ2n) is 3.66. The van der Waals surface area contributed by atoms with Crippen LogP contribution in [0.2, 0.25) is 0 Å². The predicted octanol–water partition coefficient (Wildman–Crippen LogP) is 3.21. The van der Waals surface area contributed by atoms with E-state index in [2.05, 4.69) is 5.32 Å². The van der Waals surface area contributed by atoms with Gasteiger partial charge in [-0.3, -0.25) is 0 Å². The highest BCUT2D eigenvalue weighted by atomic mass is 19.4. The Labute approximate surface area is 91.5 Å². The summed E-state index contributed by atoms with van der Waals surface area (Å²) in [4.78, 5) is 0. The Morgan fingerprint density at radius 1 is 1.12 bits per heavy atom.